The first-order valence-electron chi connectivity index (χ1n) is 10.5. The lowest BCUT2D eigenvalue weighted by atomic mass is 10.1. The number of hydrogen-bond acceptors (Lipinski definition) is 4. The second-order valence-electron chi connectivity index (χ2n) is 7.58. The van der Waals surface area contributed by atoms with Gasteiger partial charge in [-0.05, 0) is 48.7 Å². The quantitative estimate of drug-likeness (QED) is 0.629. The van der Waals surface area contributed by atoms with Gasteiger partial charge in [0.25, 0.3) is 11.8 Å². The Morgan fingerprint density at radius 2 is 1.87 bits per heavy atom. The molecule has 2 aromatic carbocycles. The minimum Gasteiger partial charge on any atom is -0.376 e. The molecular weight excluding hydrogens is 390 g/mol. The fraction of sp³-hybridized carbons (Fsp3) is 0.240. The van der Waals surface area contributed by atoms with Gasteiger partial charge in [-0.15, -0.1) is 0 Å². The highest BCUT2D eigenvalue weighted by atomic mass is 16.5. The summed E-state index contributed by atoms with van der Waals surface area (Å²) in [6.07, 6.45) is 5.16. The second kappa shape index (κ2) is 10.00. The summed E-state index contributed by atoms with van der Waals surface area (Å²) in [5.41, 5.74) is 2.62. The number of carbonyl (C=O) groups is 2. The SMILES string of the molecule is O=C(Nc1cccc(C(=O)N(Cc2ccccc2)CC2CCCO2)c1)c1cccnc1. The van der Waals surface area contributed by atoms with Crippen molar-refractivity contribution in [3.05, 3.63) is 95.8 Å². The largest absolute Gasteiger partial charge is 0.376 e. The smallest absolute Gasteiger partial charge is 0.257 e. The van der Waals surface area contributed by atoms with Crippen molar-refractivity contribution in [2.24, 2.45) is 0 Å². The molecule has 3 aromatic rings. The van der Waals surface area contributed by atoms with Crippen LogP contribution in [-0.4, -0.2) is 41.0 Å². The number of hydrogen-bond donors (Lipinski definition) is 1. The molecule has 2 heterocycles. The summed E-state index contributed by atoms with van der Waals surface area (Å²) in [5, 5.41) is 2.84. The Labute approximate surface area is 181 Å². The fourth-order valence-electron chi connectivity index (χ4n) is 3.67. The van der Waals surface area contributed by atoms with Crippen LogP contribution in [0.2, 0.25) is 0 Å². The molecule has 1 aliphatic heterocycles. The second-order valence-corrected chi connectivity index (χ2v) is 7.58. The van der Waals surface area contributed by atoms with Gasteiger partial charge in [-0.25, -0.2) is 0 Å². The molecule has 0 bridgehead atoms. The summed E-state index contributed by atoms with van der Waals surface area (Å²) < 4.78 is 5.78. The lowest BCUT2D eigenvalue weighted by molar-refractivity contribution is 0.0507. The van der Waals surface area contributed by atoms with E-state index < -0.39 is 0 Å². The number of rotatable bonds is 7. The standard InChI is InChI=1S/C25H25N3O3/c29-24(21-10-5-13-26-16-21)27-22-11-4-9-20(15-22)25(30)28(18-23-12-6-14-31-23)17-19-7-2-1-3-8-19/h1-5,7-11,13,15-16,23H,6,12,14,17-18H2,(H,27,29). The maximum absolute atomic E-state index is 13.4. The van der Waals surface area contributed by atoms with Crippen LogP contribution in [0.4, 0.5) is 5.69 Å². The summed E-state index contributed by atoms with van der Waals surface area (Å²) >= 11 is 0. The number of aromatic nitrogens is 1. The maximum atomic E-state index is 13.4. The van der Waals surface area contributed by atoms with Gasteiger partial charge in [0.1, 0.15) is 0 Å². The predicted octanol–water partition coefficient (Wildman–Crippen LogP) is 4.16. The average molecular weight is 415 g/mol. The molecule has 1 aromatic heterocycles. The van der Waals surface area contributed by atoms with Crippen LogP contribution in [0, 0.1) is 0 Å². The van der Waals surface area contributed by atoms with Crippen molar-refractivity contribution in [2.75, 3.05) is 18.5 Å². The monoisotopic (exact) mass is 415 g/mol. The molecule has 1 unspecified atom stereocenters. The van der Waals surface area contributed by atoms with Crippen LogP contribution in [0.1, 0.15) is 39.1 Å². The van der Waals surface area contributed by atoms with E-state index in [1.807, 2.05) is 35.2 Å². The normalized spacial score (nSPS) is 15.4. The number of nitrogens with zero attached hydrogens (tertiary/aromatic N) is 2. The zero-order valence-electron chi connectivity index (χ0n) is 17.2. The minimum absolute atomic E-state index is 0.0566. The number of anilines is 1. The van der Waals surface area contributed by atoms with Crippen LogP contribution in [0.5, 0.6) is 0 Å². The van der Waals surface area contributed by atoms with Crippen LogP contribution in [0.15, 0.2) is 79.1 Å². The van der Waals surface area contributed by atoms with Crippen molar-refractivity contribution in [2.45, 2.75) is 25.5 Å². The Balaban J connectivity index is 1.51. The van der Waals surface area contributed by atoms with E-state index >= 15 is 0 Å². The van der Waals surface area contributed by atoms with E-state index in [-0.39, 0.29) is 17.9 Å². The lowest BCUT2D eigenvalue weighted by Crippen LogP contribution is -2.37. The van der Waals surface area contributed by atoms with E-state index in [1.54, 1.807) is 42.6 Å². The molecule has 31 heavy (non-hydrogen) atoms. The van der Waals surface area contributed by atoms with Crippen molar-refractivity contribution >= 4 is 17.5 Å². The third kappa shape index (κ3) is 5.55. The molecule has 158 valence electrons. The van der Waals surface area contributed by atoms with Gasteiger partial charge in [0.2, 0.25) is 0 Å². The van der Waals surface area contributed by atoms with Crippen molar-refractivity contribution in [3.63, 3.8) is 0 Å². The van der Waals surface area contributed by atoms with Crippen LogP contribution in [0.3, 0.4) is 0 Å². The number of ether oxygens (including phenoxy) is 1. The van der Waals surface area contributed by atoms with Crippen LogP contribution < -0.4 is 5.32 Å². The molecule has 0 saturated carbocycles. The van der Waals surface area contributed by atoms with Gasteiger partial charge in [0.15, 0.2) is 0 Å². The Morgan fingerprint density at radius 1 is 1.03 bits per heavy atom. The van der Waals surface area contributed by atoms with E-state index in [1.165, 1.54) is 6.20 Å². The fourth-order valence-corrected chi connectivity index (χ4v) is 3.67. The highest BCUT2D eigenvalue weighted by Gasteiger charge is 2.24. The molecule has 1 fully saturated rings. The Hall–Kier alpha value is -3.51. The lowest BCUT2D eigenvalue weighted by Gasteiger charge is -2.26. The van der Waals surface area contributed by atoms with E-state index in [0.29, 0.717) is 29.9 Å². The number of amides is 2. The zero-order valence-corrected chi connectivity index (χ0v) is 17.2. The summed E-state index contributed by atoms with van der Waals surface area (Å²) in [4.78, 5) is 31.6. The molecule has 0 aliphatic carbocycles. The van der Waals surface area contributed by atoms with E-state index in [0.717, 1.165) is 25.0 Å². The summed E-state index contributed by atoms with van der Waals surface area (Å²) in [5.74, 6) is -0.352. The number of nitrogens with one attached hydrogen (secondary N) is 1. The highest BCUT2D eigenvalue weighted by molar-refractivity contribution is 6.04. The predicted molar refractivity (Wildman–Crippen MR) is 119 cm³/mol. The Morgan fingerprint density at radius 3 is 2.61 bits per heavy atom. The molecule has 0 radical (unpaired) electrons. The van der Waals surface area contributed by atoms with Crippen LogP contribution in [0.25, 0.3) is 0 Å². The number of benzene rings is 2. The highest BCUT2D eigenvalue weighted by Crippen LogP contribution is 2.19. The molecule has 6 nitrogen and oxygen atoms in total. The number of carbonyl (C=O) groups excluding carboxylic acids is 2. The van der Waals surface area contributed by atoms with E-state index in [2.05, 4.69) is 10.3 Å². The Bertz CT molecular complexity index is 1020. The van der Waals surface area contributed by atoms with Gasteiger partial charge in [-0.3, -0.25) is 14.6 Å². The molecule has 1 atom stereocenters. The summed E-state index contributed by atoms with van der Waals surface area (Å²) in [7, 11) is 0. The topological polar surface area (TPSA) is 71.5 Å². The average Bonchev–Trinajstić information content (AvgIpc) is 3.33. The van der Waals surface area contributed by atoms with Gasteiger partial charge < -0.3 is 15.0 Å². The summed E-state index contributed by atoms with van der Waals surface area (Å²) in [6.45, 7) is 1.79. The molecule has 0 spiro atoms. The minimum atomic E-state index is -0.266. The van der Waals surface area contributed by atoms with Crippen molar-refractivity contribution in [1.29, 1.82) is 0 Å². The summed E-state index contributed by atoms with van der Waals surface area (Å²) in [6, 6.07) is 20.4. The van der Waals surface area contributed by atoms with E-state index in [4.69, 9.17) is 4.74 Å². The molecule has 2 amide bonds. The first kappa shape index (κ1) is 20.8. The molecule has 1 N–H and O–H groups in total. The van der Waals surface area contributed by atoms with Gasteiger partial charge in [-0.1, -0.05) is 36.4 Å². The zero-order chi connectivity index (χ0) is 21.5. The third-order valence-corrected chi connectivity index (χ3v) is 5.24. The van der Waals surface area contributed by atoms with Gasteiger partial charge in [0, 0.05) is 43.3 Å². The Kier molecular flexibility index (Phi) is 6.69. The van der Waals surface area contributed by atoms with Crippen molar-refractivity contribution < 1.29 is 14.3 Å². The van der Waals surface area contributed by atoms with Gasteiger partial charge >= 0.3 is 0 Å². The first-order valence-corrected chi connectivity index (χ1v) is 10.5. The number of pyridine rings is 1. The third-order valence-electron chi connectivity index (χ3n) is 5.24. The molecule has 4 rings (SSSR count). The van der Waals surface area contributed by atoms with Crippen LogP contribution >= 0.6 is 0 Å². The van der Waals surface area contributed by atoms with Crippen molar-refractivity contribution in [3.8, 4) is 0 Å². The molecular formula is C25H25N3O3. The molecule has 6 heteroatoms. The maximum Gasteiger partial charge on any atom is 0.257 e. The van der Waals surface area contributed by atoms with Gasteiger partial charge in [0.05, 0.1) is 11.7 Å². The first-order chi connectivity index (χ1) is 15.2. The van der Waals surface area contributed by atoms with Crippen LogP contribution in [-0.2, 0) is 11.3 Å². The van der Waals surface area contributed by atoms with E-state index in [9.17, 15) is 9.59 Å². The van der Waals surface area contributed by atoms with Crippen molar-refractivity contribution in [1.82, 2.24) is 9.88 Å². The molecule has 1 aliphatic rings. The molecule has 1 saturated heterocycles. The van der Waals surface area contributed by atoms with Gasteiger partial charge in [-0.2, -0.15) is 0 Å².